The van der Waals surface area contributed by atoms with Crippen molar-refractivity contribution in [1.29, 1.82) is 5.26 Å². The van der Waals surface area contributed by atoms with Gasteiger partial charge in [0.05, 0.1) is 12.0 Å². The molecule has 0 aliphatic rings. The van der Waals surface area contributed by atoms with Gasteiger partial charge in [-0.25, -0.2) is 4.98 Å². The van der Waals surface area contributed by atoms with Gasteiger partial charge in [0.1, 0.15) is 11.9 Å². The average molecular weight is 233 g/mol. The Labute approximate surface area is 100 Å². The van der Waals surface area contributed by atoms with Gasteiger partial charge in [0.15, 0.2) is 0 Å². The molecule has 0 radical (unpaired) electrons. The lowest BCUT2D eigenvalue weighted by Gasteiger charge is -2.27. The fourth-order valence-electron chi connectivity index (χ4n) is 1.48. The highest BCUT2D eigenvalue weighted by Gasteiger charge is 2.13. The van der Waals surface area contributed by atoms with Gasteiger partial charge in [-0.3, -0.25) is 4.79 Å². The first-order valence-corrected chi connectivity index (χ1v) is 5.39. The zero-order valence-corrected chi connectivity index (χ0v) is 9.92. The molecule has 0 bridgehead atoms. The summed E-state index contributed by atoms with van der Waals surface area (Å²) in [5, 5.41) is 17.4. The third kappa shape index (κ3) is 3.76. The SMILES string of the molecule is CC(C)N(CCC(=O)O)c1ccc(C#N)cn1. The lowest BCUT2D eigenvalue weighted by atomic mass is 10.2. The topological polar surface area (TPSA) is 77.2 Å². The van der Waals surface area contributed by atoms with Gasteiger partial charge < -0.3 is 10.0 Å². The number of carboxylic acid groups (broad SMARTS) is 1. The molecule has 0 aliphatic carbocycles. The Hall–Kier alpha value is -2.09. The normalized spacial score (nSPS) is 10.0. The van der Waals surface area contributed by atoms with Crippen LogP contribution in [-0.4, -0.2) is 28.6 Å². The van der Waals surface area contributed by atoms with Crippen molar-refractivity contribution in [3.8, 4) is 6.07 Å². The number of pyridine rings is 1. The van der Waals surface area contributed by atoms with Gasteiger partial charge in [-0.15, -0.1) is 0 Å². The Morgan fingerprint density at radius 3 is 2.71 bits per heavy atom. The molecule has 0 saturated heterocycles. The molecule has 1 aromatic heterocycles. The van der Waals surface area contributed by atoms with E-state index in [0.717, 1.165) is 0 Å². The van der Waals surface area contributed by atoms with E-state index in [2.05, 4.69) is 4.98 Å². The summed E-state index contributed by atoms with van der Waals surface area (Å²) in [6.45, 7) is 4.36. The molecule has 0 saturated carbocycles. The minimum atomic E-state index is -0.829. The van der Waals surface area contributed by atoms with Gasteiger partial charge in [0.25, 0.3) is 0 Å². The Balaban J connectivity index is 2.82. The summed E-state index contributed by atoms with van der Waals surface area (Å²) in [6.07, 6.45) is 1.56. The summed E-state index contributed by atoms with van der Waals surface area (Å²) < 4.78 is 0. The monoisotopic (exact) mass is 233 g/mol. The van der Waals surface area contributed by atoms with Crippen molar-refractivity contribution in [1.82, 2.24) is 4.98 Å². The molecule has 0 atom stereocenters. The van der Waals surface area contributed by atoms with Crippen LogP contribution in [0.5, 0.6) is 0 Å². The molecule has 5 nitrogen and oxygen atoms in total. The highest BCUT2D eigenvalue weighted by Crippen LogP contribution is 2.14. The molecular formula is C12H15N3O2. The summed E-state index contributed by atoms with van der Waals surface area (Å²) in [5.74, 6) is -0.135. The van der Waals surface area contributed by atoms with Gasteiger partial charge in [-0.1, -0.05) is 0 Å². The number of hydrogen-bond acceptors (Lipinski definition) is 4. The third-order valence-corrected chi connectivity index (χ3v) is 2.36. The Bertz CT molecular complexity index is 420. The molecule has 1 aromatic rings. The van der Waals surface area contributed by atoms with Gasteiger partial charge in [0.2, 0.25) is 0 Å². The number of nitriles is 1. The van der Waals surface area contributed by atoms with Crippen LogP contribution < -0.4 is 4.90 Å². The predicted molar refractivity (Wildman–Crippen MR) is 63.7 cm³/mol. The first-order chi connectivity index (χ1) is 8.04. The number of carboxylic acids is 1. The smallest absolute Gasteiger partial charge is 0.305 e. The molecule has 90 valence electrons. The molecule has 0 fully saturated rings. The predicted octanol–water partition coefficient (Wildman–Crippen LogP) is 1.64. The molecule has 17 heavy (non-hydrogen) atoms. The van der Waals surface area contributed by atoms with Crippen molar-refractivity contribution in [3.05, 3.63) is 23.9 Å². The number of rotatable bonds is 5. The Kier molecular flexibility index (Phi) is 4.46. The van der Waals surface area contributed by atoms with Gasteiger partial charge >= 0.3 is 5.97 Å². The number of hydrogen-bond donors (Lipinski definition) is 1. The standard InChI is InChI=1S/C12H15N3O2/c1-9(2)15(6-5-12(16)17)11-4-3-10(7-13)8-14-11/h3-4,8-9H,5-6H2,1-2H3,(H,16,17). The first kappa shape index (κ1) is 13.0. The quantitative estimate of drug-likeness (QED) is 0.836. The average Bonchev–Trinajstić information content (AvgIpc) is 2.29. The van der Waals surface area contributed by atoms with Crippen LogP contribution in [0.3, 0.4) is 0 Å². The van der Waals surface area contributed by atoms with E-state index in [1.54, 1.807) is 12.1 Å². The number of anilines is 1. The minimum Gasteiger partial charge on any atom is -0.481 e. The summed E-state index contributed by atoms with van der Waals surface area (Å²) in [7, 11) is 0. The van der Waals surface area contributed by atoms with Crippen molar-refractivity contribution in [2.24, 2.45) is 0 Å². The van der Waals surface area contributed by atoms with Crippen molar-refractivity contribution < 1.29 is 9.90 Å². The zero-order chi connectivity index (χ0) is 12.8. The summed E-state index contributed by atoms with van der Waals surface area (Å²) in [4.78, 5) is 16.6. The van der Waals surface area contributed by atoms with E-state index in [1.165, 1.54) is 6.20 Å². The van der Waals surface area contributed by atoms with Crippen LogP contribution in [0.15, 0.2) is 18.3 Å². The molecule has 0 spiro atoms. The number of carbonyl (C=O) groups is 1. The molecule has 1 N–H and O–H groups in total. The highest BCUT2D eigenvalue weighted by molar-refractivity contribution is 5.67. The van der Waals surface area contributed by atoms with Gasteiger partial charge in [-0.05, 0) is 26.0 Å². The largest absolute Gasteiger partial charge is 0.481 e. The zero-order valence-electron chi connectivity index (χ0n) is 9.92. The third-order valence-electron chi connectivity index (χ3n) is 2.36. The molecule has 0 unspecified atom stereocenters. The van der Waals surface area contributed by atoms with E-state index in [4.69, 9.17) is 10.4 Å². The van der Waals surface area contributed by atoms with Crippen LogP contribution in [0, 0.1) is 11.3 Å². The fraction of sp³-hybridized carbons (Fsp3) is 0.417. The van der Waals surface area contributed by atoms with Crippen molar-refractivity contribution >= 4 is 11.8 Å². The Morgan fingerprint density at radius 2 is 2.29 bits per heavy atom. The molecule has 1 rings (SSSR count). The minimum absolute atomic E-state index is 0.0693. The molecular weight excluding hydrogens is 218 g/mol. The van der Waals surface area contributed by atoms with E-state index in [-0.39, 0.29) is 12.5 Å². The molecule has 0 amide bonds. The van der Waals surface area contributed by atoms with Crippen LogP contribution >= 0.6 is 0 Å². The maximum atomic E-state index is 10.6. The summed E-state index contributed by atoms with van der Waals surface area (Å²) in [5.41, 5.74) is 0.496. The van der Waals surface area contributed by atoms with Crippen molar-refractivity contribution in [2.45, 2.75) is 26.3 Å². The molecule has 1 heterocycles. The van der Waals surface area contributed by atoms with Crippen LogP contribution in [0.25, 0.3) is 0 Å². The van der Waals surface area contributed by atoms with Crippen LogP contribution in [0.4, 0.5) is 5.82 Å². The maximum Gasteiger partial charge on any atom is 0.305 e. The number of aromatic nitrogens is 1. The first-order valence-electron chi connectivity index (χ1n) is 5.39. The summed E-state index contributed by atoms with van der Waals surface area (Å²) >= 11 is 0. The summed E-state index contributed by atoms with van der Waals surface area (Å²) in [6, 6.07) is 5.57. The second kappa shape index (κ2) is 5.85. The molecule has 0 aliphatic heterocycles. The van der Waals surface area contributed by atoms with E-state index in [1.807, 2.05) is 24.8 Å². The van der Waals surface area contributed by atoms with E-state index >= 15 is 0 Å². The van der Waals surface area contributed by atoms with Crippen LogP contribution in [0.2, 0.25) is 0 Å². The number of nitrogens with zero attached hydrogens (tertiary/aromatic N) is 3. The highest BCUT2D eigenvalue weighted by atomic mass is 16.4. The molecule has 5 heteroatoms. The van der Waals surface area contributed by atoms with Gasteiger partial charge in [-0.2, -0.15) is 5.26 Å². The lowest BCUT2D eigenvalue weighted by Crippen LogP contribution is -2.33. The second-order valence-corrected chi connectivity index (χ2v) is 3.95. The number of aliphatic carboxylic acids is 1. The fourth-order valence-corrected chi connectivity index (χ4v) is 1.48. The van der Waals surface area contributed by atoms with Crippen molar-refractivity contribution in [2.75, 3.05) is 11.4 Å². The molecule has 0 aromatic carbocycles. The maximum absolute atomic E-state index is 10.6. The van der Waals surface area contributed by atoms with E-state index < -0.39 is 5.97 Å². The second-order valence-electron chi connectivity index (χ2n) is 3.95. The van der Waals surface area contributed by atoms with Crippen LogP contribution in [-0.2, 0) is 4.79 Å². The van der Waals surface area contributed by atoms with E-state index in [9.17, 15) is 4.79 Å². The Morgan fingerprint density at radius 1 is 1.59 bits per heavy atom. The van der Waals surface area contributed by atoms with Crippen molar-refractivity contribution in [3.63, 3.8) is 0 Å². The lowest BCUT2D eigenvalue weighted by molar-refractivity contribution is -0.136. The van der Waals surface area contributed by atoms with Crippen LogP contribution in [0.1, 0.15) is 25.8 Å². The van der Waals surface area contributed by atoms with Gasteiger partial charge in [0, 0.05) is 18.8 Å². The van der Waals surface area contributed by atoms with E-state index in [0.29, 0.717) is 17.9 Å².